The maximum atomic E-state index is 13.8. The lowest BCUT2D eigenvalue weighted by Gasteiger charge is -2.17. The highest BCUT2D eigenvalue weighted by atomic mass is 19.1. The van der Waals surface area contributed by atoms with Crippen LogP contribution in [0.15, 0.2) is 12.1 Å². The number of rotatable bonds is 2. The molecule has 1 aliphatic rings. The van der Waals surface area contributed by atoms with Crippen LogP contribution in [-0.2, 0) is 14.3 Å². The second-order valence-corrected chi connectivity index (χ2v) is 4.48. The Morgan fingerprint density at radius 1 is 1.37 bits per heavy atom. The fourth-order valence-corrected chi connectivity index (χ4v) is 2.11. The minimum Gasteiger partial charge on any atom is -0.469 e. The molecule has 0 aliphatic carbocycles. The minimum absolute atomic E-state index is 0.00489. The molecule has 102 valence electrons. The average molecular weight is 269 g/mol. The highest BCUT2D eigenvalue weighted by Crippen LogP contribution is 2.29. The third-order valence-electron chi connectivity index (χ3n) is 3.18. The first kappa shape index (κ1) is 13.5. The summed E-state index contributed by atoms with van der Waals surface area (Å²) >= 11 is 0. The summed E-state index contributed by atoms with van der Waals surface area (Å²) in [5.74, 6) is -2.86. The van der Waals surface area contributed by atoms with Crippen LogP contribution in [0.5, 0.6) is 0 Å². The lowest BCUT2D eigenvalue weighted by molar-refractivity contribution is -0.145. The molecular weight excluding hydrogens is 256 g/mol. The van der Waals surface area contributed by atoms with E-state index in [1.54, 1.807) is 0 Å². The summed E-state index contributed by atoms with van der Waals surface area (Å²) in [6.45, 7) is 1.44. The number of ether oxygens (including phenoxy) is 1. The monoisotopic (exact) mass is 269 g/mol. The number of nitrogens with zero attached hydrogens (tertiary/aromatic N) is 1. The van der Waals surface area contributed by atoms with Crippen molar-refractivity contribution in [3.05, 3.63) is 29.3 Å². The molecule has 1 atom stereocenters. The number of esters is 1. The zero-order chi connectivity index (χ0) is 14.2. The molecule has 0 aromatic heterocycles. The Morgan fingerprint density at radius 3 is 2.68 bits per heavy atom. The van der Waals surface area contributed by atoms with Crippen LogP contribution in [0.4, 0.5) is 14.5 Å². The van der Waals surface area contributed by atoms with E-state index in [4.69, 9.17) is 0 Å². The molecule has 2 rings (SSSR count). The maximum absolute atomic E-state index is 13.8. The van der Waals surface area contributed by atoms with Crippen LogP contribution in [-0.4, -0.2) is 25.5 Å². The number of amides is 1. The molecule has 1 amide bonds. The maximum Gasteiger partial charge on any atom is 0.311 e. The summed E-state index contributed by atoms with van der Waals surface area (Å²) in [4.78, 5) is 24.2. The zero-order valence-corrected chi connectivity index (χ0v) is 10.6. The van der Waals surface area contributed by atoms with Gasteiger partial charge in [-0.15, -0.1) is 0 Å². The van der Waals surface area contributed by atoms with Crippen LogP contribution in [0.2, 0.25) is 0 Å². The summed E-state index contributed by atoms with van der Waals surface area (Å²) in [5, 5.41) is 0. The fraction of sp³-hybridized carbons (Fsp3) is 0.385. The molecule has 1 aromatic rings. The number of carbonyl (C=O) groups is 2. The highest BCUT2D eigenvalue weighted by Gasteiger charge is 2.37. The van der Waals surface area contributed by atoms with E-state index in [1.807, 2.05) is 0 Å². The van der Waals surface area contributed by atoms with Crippen molar-refractivity contribution >= 4 is 17.6 Å². The quantitative estimate of drug-likeness (QED) is 0.769. The van der Waals surface area contributed by atoms with Gasteiger partial charge in [0, 0.05) is 19.0 Å². The van der Waals surface area contributed by atoms with Crippen LogP contribution in [0, 0.1) is 24.5 Å². The van der Waals surface area contributed by atoms with E-state index in [1.165, 1.54) is 14.0 Å². The molecule has 0 spiro atoms. The Balaban J connectivity index is 2.30. The van der Waals surface area contributed by atoms with E-state index < -0.39 is 29.4 Å². The highest BCUT2D eigenvalue weighted by molar-refractivity contribution is 5.99. The van der Waals surface area contributed by atoms with Gasteiger partial charge in [-0.05, 0) is 18.6 Å². The van der Waals surface area contributed by atoms with Gasteiger partial charge in [-0.3, -0.25) is 9.59 Å². The van der Waals surface area contributed by atoms with Crippen LogP contribution in [0.25, 0.3) is 0 Å². The van der Waals surface area contributed by atoms with E-state index in [2.05, 4.69) is 4.74 Å². The number of hydrogen-bond donors (Lipinski definition) is 0. The number of carbonyl (C=O) groups excluding carboxylic acids is 2. The molecular formula is C13H13F2NO3. The molecule has 1 heterocycles. The van der Waals surface area contributed by atoms with Crippen molar-refractivity contribution in [1.82, 2.24) is 0 Å². The topological polar surface area (TPSA) is 46.6 Å². The molecule has 1 fully saturated rings. The van der Waals surface area contributed by atoms with Gasteiger partial charge in [-0.2, -0.15) is 0 Å². The van der Waals surface area contributed by atoms with Gasteiger partial charge >= 0.3 is 5.97 Å². The summed E-state index contributed by atoms with van der Waals surface area (Å²) in [6.07, 6.45) is -0.0540. The van der Waals surface area contributed by atoms with Crippen molar-refractivity contribution in [3.8, 4) is 0 Å². The minimum atomic E-state index is -0.683. The normalized spacial score (nSPS) is 18.8. The van der Waals surface area contributed by atoms with Crippen molar-refractivity contribution in [2.75, 3.05) is 18.6 Å². The van der Waals surface area contributed by atoms with Gasteiger partial charge in [0.15, 0.2) is 0 Å². The smallest absolute Gasteiger partial charge is 0.311 e. The molecule has 6 heteroatoms. The molecule has 0 bridgehead atoms. The van der Waals surface area contributed by atoms with Crippen LogP contribution < -0.4 is 4.90 Å². The Kier molecular flexibility index (Phi) is 3.50. The largest absolute Gasteiger partial charge is 0.469 e. The molecule has 0 N–H and O–H groups in total. The fourth-order valence-electron chi connectivity index (χ4n) is 2.11. The van der Waals surface area contributed by atoms with Crippen molar-refractivity contribution in [1.29, 1.82) is 0 Å². The first-order valence-corrected chi connectivity index (χ1v) is 5.78. The molecule has 4 nitrogen and oxygen atoms in total. The van der Waals surface area contributed by atoms with E-state index in [9.17, 15) is 18.4 Å². The number of benzene rings is 1. The number of hydrogen-bond acceptors (Lipinski definition) is 3. The van der Waals surface area contributed by atoms with Crippen molar-refractivity contribution < 1.29 is 23.1 Å². The Hall–Kier alpha value is -1.98. The summed E-state index contributed by atoms with van der Waals surface area (Å²) in [6, 6.07) is 2.01. The van der Waals surface area contributed by atoms with Crippen LogP contribution in [0.1, 0.15) is 12.0 Å². The molecule has 19 heavy (non-hydrogen) atoms. The Labute approximate surface area is 109 Å². The molecule has 1 unspecified atom stereocenters. The third-order valence-corrected chi connectivity index (χ3v) is 3.18. The second kappa shape index (κ2) is 4.95. The number of methoxy groups -OCH3 is 1. The third kappa shape index (κ3) is 2.43. The summed E-state index contributed by atoms with van der Waals surface area (Å²) in [5.41, 5.74) is 0.0249. The first-order chi connectivity index (χ1) is 8.93. The van der Waals surface area contributed by atoms with Gasteiger partial charge in [-0.25, -0.2) is 8.78 Å². The van der Waals surface area contributed by atoms with Crippen LogP contribution in [0.3, 0.4) is 0 Å². The lowest BCUT2D eigenvalue weighted by Crippen LogP contribution is -2.27. The van der Waals surface area contributed by atoms with Crippen molar-refractivity contribution in [2.45, 2.75) is 13.3 Å². The van der Waals surface area contributed by atoms with Crippen molar-refractivity contribution in [3.63, 3.8) is 0 Å². The SMILES string of the molecule is COC(=O)C1CC(=O)N(c2cc(F)c(C)cc2F)C1. The molecule has 1 saturated heterocycles. The molecule has 0 radical (unpaired) electrons. The van der Waals surface area contributed by atoms with Gasteiger partial charge in [-0.1, -0.05) is 0 Å². The van der Waals surface area contributed by atoms with E-state index >= 15 is 0 Å². The molecule has 1 aliphatic heterocycles. The van der Waals surface area contributed by atoms with Gasteiger partial charge < -0.3 is 9.64 Å². The Morgan fingerprint density at radius 2 is 2.05 bits per heavy atom. The van der Waals surface area contributed by atoms with Crippen LogP contribution >= 0.6 is 0 Å². The summed E-state index contributed by atoms with van der Waals surface area (Å²) < 4.78 is 31.8. The molecule has 0 saturated carbocycles. The number of aryl methyl sites for hydroxylation is 1. The van der Waals surface area contributed by atoms with Gasteiger partial charge in [0.2, 0.25) is 5.91 Å². The summed E-state index contributed by atoms with van der Waals surface area (Å²) in [7, 11) is 1.22. The first-order valence-electron chi connectivity index (χ1n) is 5.78. The Bertz CT molecular complexity index is 545. The number of anilines is 1. The van der Waals surface area contributed by atoms with E-state index in [0.29, 0.717) is 0 Å². The lowest BCUT2D eigenvalue weighted by atomic mass is 10.1. The van der Waals surface area contributed by atoms with Crippen molar-refractivity contribution in [2.24, 2.45) is 5.92 Å². The molecule has 1 aromatic carbocycles. The predicted molar refractivity (Wildman–Crippen MR) is 63.6 cm³/mol. The standard InChI is InChI=1S/C13H13F2NO3/c1-7-3-10(15)11(5-9(7)14)16-6-8(4-12(16)17)13(18)19-2/h3,5,8H,4,6H2,1-2H3. The van der Waals surface area contributed by atoms with Gasteiger partial charge in [0.25, 0.3) is 0 Å². The van der Waals surface area contributed by atoms with E-state index in [-0.39, 0.29) is 24.2 Å². The van der Waals surface area contributed by atoms with E-state index in [0.717, 1.165) is 17.0 Å². The average Bonchev–Trinajstić information content (AvgIpc) is 2.75. The zero-order valence-electron chi connectivity index (χ0n) is 10.6. The predicted octanol–water partition coefficient (Wildman–Crippen LogP) is 1.80. The number of halogens is 2. The van der Waals surface area contributed by atoms with Gasteiger partial charge in [0.1, 0.15) is 11.6 Å². The van der Waals surface area contributed by atoms with Gasteiger partial charge in [0.05, 0.1) is 18.7 Å². The second-order valence-electron chi connectivity index (χ2n) is 4.48.